The molecule has 0 unspecified atom stereocenters. The number of hydrogen-bond donors (Lipinski definition) is 1. The molecule has 2 aromatic carbocycles. The number of nitrogens with zero attached hydrogens (tertiary/aromatic N) is 3. The lowest BCUT2D eigenvalue weighted by Gasteiger charge is -2.35. The molecule has 1 fully saturated rings. The van der Waals surface area contributed by atoms with Crippen LogP contribution in [-0.2, 0) is 10.0 Å². The van der Waals surface area contributed by atoms with Crippen molar-refractivity contribution in [2.24, 2.45) is 0 Å². The van der Waals surface area contributed by atoms with E-state index in [9.17, 15) is 13.2 Å². The molecule has 1 aliphatic rings. The van der Waals surface area contributed by atoms with Gasteiger partial charge in [0.05, 0.1) is 15.5 Å². The highest BCUT2D eigenvalue weighted by atomic mass is 35.5. The first kappa shape index (κ1) is 23.1. The number of halogens is 1. The number of hydrogen-bond acceptors (Lipinski definition) is 5. The summed E-state index contributed by atoms with van der Waals surface area (Å²) in [5, 5.41) is 0.220. The average Bonchev–Trinajstić information content (AvgIpc) is 2.82. The van der Waals surface area contributed by atoms with Crippen LogP contribution in [0.25, 0.3) is 0 Å². The van der Waals surface area contributed by atoms with E-state index in [2.05, 4.69) is 14.6 Å². The fourth-order valence-corrected chi connectivity index (χ4v) is 4.98. The van der Waals surface area contributed by atoms with E-state index in [1.165, 1.54) is 18.2 Å². The molecule has 0 aliphatic carbocycles. The summed E-state index contributed by atoms with van der Waals surface area (Å²) in [6, 6.07) is 15.3. The molecule has 2 heterocycles. The van der Waals surface area contributed by atoms with Crippen molar-refractivity contribution in [2.75, 3.05) is 35.8 Å². The number of carbonyl (C=O) groups is 1. The number of nitrogens with one attached hydrogen (secondary N) is 1. The lowest BCUT2D eigenvalue weighted by Crippen LogP contribution is -2.49. The number of piperazine rings is 1. The van der Waals surface area contributed by atoms with Crippen molar-refractivity contribution >= 4 is 39.0 Å². The Balaban J connectivity index is 1.51. The Bertz CT molecular complexity index is 1270. The number of amides is 1. The molecular formula is C24H25ClN4O3S. The molecule has 0 atom stereocenters. The van der Waals surface area contributed by atoms with Gasteiger partial charge in [0.25, 0.3) is 15.9 Å². The fourth-order valence-electron chi connectivity index (χ4n) is 3.70. The molecule has 0 radical (unpaired) electrons. The predicted octanol–water partition coefficient (Wildman–Crippen LogP) is 4.12. The first-order chi connectivity index (χ1) is 15.7. The number of pyridine rings is 1. The van der Waals surface area contributed by atoms with E-state index in [-0.39, 0.29) is 21.4 Å². The second-order valence-corrected chi connectivity index (χ2v) is 10.1. The van der Waals surface area contributed by atoms with E-state index in [0.29, 0.717) is 31.9 Å². The van der Waals surface area contributed by atoms with Gasteiger partial charge in [0.15, 0.2) is 0 Å². The van der Waals surface area contributed by atoms with E-state index in [1.54, 1.807) is 23.2 Å². The van der Waals surface area contributed by atoms with Crippen LogP contribution in [0.15, 0.2) is 65.7 Å². The van der Waals surface area contributed by atoms with Crippen molar-refractivity contribution in [1.29, 1.82) is 0 Å². The maximum atomic E-state index is 13.2. The first-order valence-corrected chi connectivity index (χ1v) is 12.5. The number of sulfonamides is 1. The van der Waals surface area contributed by atoms with E-state index >= 15 is 0 Å². The van der Waals surface area contributed by atoms with Crippen LogP contribution in [-0.4, -0.2) is 50.4 Å². The zero-order valence-corrected chi connectivity index (χ0v) is 20.0. The molecule has 1 aliphatic heterocycles. The summed E-state index contributed by atoms with van der Waals surface area (Å²) >= 11 is 6.30. The van der Waals surface area contributed by atoms with Crippen molar-refractivity contribution in [3.63, 3.8) is 0 Å². The topological polar surface area (TPSA) is 82.6 Å². The highest BCUT2D eigenvalue weighted by Crippen LogP contribution is 2.25. The zero-order valence-electron chi connectivity index (χ0n) is 18.5. The van der Waals surface area contributed by atoms with Gasteiger partial charge in [-0.15, -0.1) is 0 Å². The molecular weight excluding hydrogens is 460 g/mol. The van der Waals surface area contributed by atoms with Crippen LogP contribution in [0.1, 0.15) is 21.5 Å². The minimum atomic E-state index is -3.89. The summed E-state index contributed by atoms with van der Waals surface area (Å²) in [5.41, 5.74) is 2.69. The SMILES string of the molecule is Cc1ccc(NS(=O)(=O)c2ccc(Cl)c(C(=O)N3CCN(c4ccccn4)CC3)c2)cc1C. The Hall–Kier alpha value is -3.10. The van der Waals surface area contributed by atoms with Gasteiger partial charge in [-0.1, -0.05) is 23.7 Å². The number of anilines is 2. The smallest absolute Gasteiger partial charge is 0.261 e. The lowest BCUT2D eigenvalue weighted by molar-refractivity contribution is 0.0746. The van der Waals surface area contributed by atoms with Crippen molar-refractivity contribution in [1.82, 2.24) is 9.88 Å². The normalized spacial score (nSPS) is 14.3. The summed E-state index contributed by atoms with van der Waals surface area (Å²) in [4.78, 5) is 21.3. The van der Waals surface area contributed by atoms with Gasteiger partial charge >= 0.3 is 0 Å². The molecule has 9 heteroatoms. The van der Waals surface area contributed by atoms with E-state index < -0.39 is 10.0 Å². The molecule has 3 aromatic rings. The Morgan fingerprint density at radius 3 is 2.39 bits per heavy atom. The van der Waals surface area contributed by atoms with Crippen LogP contribution in [0.2, 0.25) is 5.02 Å². The van der Waals surface area contributed by atoms with Crippen LogP contribution in [0, 0.1) is 13.8 Å². The summed E-state index contributed by atoms with van der Waals surface area (Å²) < 4.78 is 28.5. The van der Waals surface area contributed by atoms with Gasteiger partial charge in [-0.25, -0.2) is 13.4 Å². The Labute approximate surface area is 199 Å². The van der Waals surface area contributed by atoms with Crippen molar-refractivity contribution in [2.45, 2.75) is 18.7 Å². The summed E-state index contributed by atoms with van der Waals surface area (Å²) in [6.07, 6.45) is 1.74. The molecule has 4 rings (SSSR count). The van der Waals surface area contributed by atoms with E-state index in [0.717, 1.165) is 16.9 Å². The third-order valence-electron chi connectivity index (χ3n) is 5.78. The predicted molar refractivity (Wildman–Crippen MR) is 131 cm³/mol. The van der Waals surface area contributed by atoms with Crippen LogP contribution >= 0.6 is 11.6 Å². The maximum Gasteiger partial charge on any atom is 0.261 e. The molecule has 33 heavy (non-hydrogen) atoms. The molecule has 0 bridgehead atoms. The van der Waals surface area contributed by atoms with Crippen molar-refractivity contribution < 1.29 is 13.2 Å². The molecule has 1 saturated heterocycles. The zero-order chi connectivity index (χ0) is 23.6. The van der Waals surface area contributed by atoms with Gasteiger partial charge in [-0.3, -0.25) is 9.52 Å². The lowest BCUT2D eigenvalue weighted by atomic mass is 10.1. The second kappa shape index (κ2) is 9.41. The fraction of sp³-hybridized carbons (Fsp3) is 0.250. The van der Waals surface area contributed by atoms with Gasteiger partial charge < -0.3 is 9.80 Å². The summed E-state index contributed by atoms with van der Waals surface area (Å²) in [5.74, 6) is 0.581. The molecule has 1 N–H and O–H groups in total. The number of aryl methyl sites for hydroxylation is 2. The third kappa shape index (κ3) is 5.12. The van der Waals surface area contributed by atoms with Gasteiger partial charge in [0.1, 0.15) is 5.82 Å². The van der Waals surface area contributed by atoms with E-state index in [1.807, 2.05) is 38.1 Å². The first-order valence-electron chi connectivity index (χ1n) is 10.6. The summed E-state index contributed by atoms with van der Waals surface area (Å²) in [7, 11) is -3.89. The Morgan fingerprint density at radius 2 is 1.73 bits per heavy atom. The van der Waals surface area contributed by atoms with E-state index in [4.69, 9.17) is 11.6 Å². The number of carbonyl (C=O) groups excluding carboxylic acids is 1. The number of benzene rings is 2. The minimum absolute atomic E-state index is 0.0133. The third-order valence-corrected chi connectivity index (χ3v) is 7.49. The van der Waals surface area contributed by atoms with Gasteiger partial charge in [0.2, 0.25) is 0 Å². The molecule has 0 spiro atoms. The van der Waals surface area contributed by atoms with Crippen molar-refractivity contribution in [3.8, 4) is 0 Å². The molecule has 7 nitrogen and oxygen atoms in total. The van der Waals surface area contributed by atoms with Crippen LogP contribution in [0.3, 0.4) is 0 Å². The standard InChI is InChI=1S/C24H25ClN4O3S/c1-17-6-7-19(15-18(17)2)27-33(31,32)20-8-9-22(25)21(16-20)24(30)29-13-11-28(12-14-29)23-5-3-4-10-26-23/h3-10,15-16,27H,11-14H2,1-2H3. The maximum absolute atomic E-state index is 13.2. The van der Waals surface area contributed by atoms with Crippen molar-refractivity contribution in [3.05, 3.63) is 82.5 Å². The van der Waals surface area contributed by atoms with Gasteiger partial charge in [0, 0.05) is 38.1 Å². The highest BCUT2D eigenvalue weighted by molar-refractivity contribution is 7.92. The number of aromatic nitrogens is 1. The van der Waals surface area contributed by atoms with Gasteiger partial charge in [-0.2, -0.15) is 0 Å². The Morgan fingerprint density at radius 1 is 0.970 bits per heavy atom. The molecule has 0 saturated carbocycles. The largest absolute Gasteiger partial charge is 0.353 e. The number of rotatable bonds is 5. The Kier molecular flexibility index (Phi) is 6.58. The quantitative estimate of drug-likeness (QED) is 0.589. The summed E-state index contributed by atoms with van der Waals surface area (Å²) in [6.45, 7) is 6.12. The average molecular weight is 485 g/mol. The van der Waals surface area contributed by atoms with Gasteiger partial charge in [-0.05, 0) is 67.4 Å². The highest BCUT2D eigenvalue weighted by Gasteiger charge is 2.26. The van der Waals surface area contributed by atoms with Crippen LogP contribution in [0.4, 0.5) is 11.5 Å². The molecule has 1 amide bonds. The molecule has 172 valence electrons. The molecule has 1 aromatic heterocycles. The minimum Gasteiger partial charge on any atom is -0.353 e. The monoisotopic (exact) mass is 484 g/mol. The van der Waals surface area contributed by atoms with Crippen LogP contribution < -0.4 is 9.62 Å². The van der Waals surface area contributed by atoms with Crippen LogP contribution in [0.5, 0.6) is 0 Å². The second-order valence-electron chi connectivity index (χ2n) is 8.01.